The SMILES string of the molecule is Cc1cc(=O)oc2cc(OCC(=O)N[C@H](C(=O)[O-])c3ccccc3)ccc12. The smallest absolute Gasteiger partial charge is 0.336 e. The molecule has 1 amide bonds. The highest BCUT2D eigenvalue weighted by Gasteiger charge is 2.16. The summed E-state index contributed by atoms with van der Waals surface area (Å²) in [7, 11) is 0. The number of ether oxygens (including phenoxy) is 1. The number of hydrogen-bond acceptors (Lipinski definition) is 6. The summed E-state index contributed by atoms with van der Waals surface area (Å²) in [5.74, 6) is -1.73. The lowest BCUT2D eigenvalue weighted by Crippen LogP contribution is -2.42. The minimum absolute atomic E-state index is 0.316. The average molecular weight is 366 g/mol. The number of carboxylic acids is 1. The van der Waals surface area contributed by atoms with E-state index in [2.05, 4.69) is 5.32 Å². The van der Waals surface area contributed by atoms with Crippen LogP contribution < -0.4 is 20.8 Å². The topological polar surface area (TPSA) is 109 Å². The van der Waals surface area contributed by atoms with Gasteiger partial charge in [0.25, 0.3) is 5.91 Å². The number of hydrogen-bond donors (Lipinski definition) is 1. The first-order valence-electron chi connectivity index (χ1n) is 8.16. The van der Waals surface area contributed by atoms with Gasteiger partial charge in [0.15, 0.2) is 6.61 Å². The molecular weight excluding hydrogens is 350 g/mol. The zero-order valence-corrected chi connectivity index (χ0v) is 14.4. The monoisotopic (exact) mass is 366 g/mol. The third-order valence-electron chi connectivity index (χ3n) is 3.97. The van der Waals surface area contributed by atoms with Crippen molar-refractivity contribution in [3.8, 4) is 5.75 Å². The van der Waals surface area contributed by atoms with Gasteiger partial charge in [-0.3, -0.25) is 4.79 Å². The maximum atomic E-state index is 12.1. The van der Waals surface area contributed by atoms with E-state index in [1.165, 1.54) is 12.1 Å². The molecule has 0 fully saturated rings. The minimum atomic E-state index is -1.42. The van der Waals surface area contributed by atoms with E-state index in [-0.39, 0.29) is 0 Å². The standard InChI is InChI=1S/C20H17NO6/c1-12-9-18(23)27-16-10-14(7-8-15(12)16)26-11-17(22)21-19(20(24)25)13-5-3-2-4-6-13/h2-10,19H,11H2,1H3,(H,21,22)(H,24,25)/p-1/t19-/m0/s1. The van der Waals surface area contributed by atoms with Crippen LogP contribution in [-0.4, -0.2) is 18.5 Å². The third kappa shape index (κ3) is 4.33. The van der Waals surface area contributed by atoms with Crippen molar-refractivity contribution < 1.29 is 23.8 Å². The summed E-state index contributed by atoms with van der Waals surface area (Å²) in [6.45, 7) is 1.38. The van der Waals surface area contributed by atoms with E-state index in [9.17, 15) is 19.5 Å². The maximum absolute atomic E-state index is 12.1. The molecule has 0 aliphatic rings. The molecule has 1 atom stereocenters. The molecule has 0 aliphatic carbocycles. The van der Waals surface area contributed by atoms with E-state index < -0.39 is 30.2 Å². The molecule has 0 bridgehead atoms. The van der Waals surface area contributed by atoms with Crippen LogP contribution in [0.1, 0.15) is 17.2 Å². The summed E-state index contributed by atoms with van der Waals surface area (Å²) in [5.41, 5.74) is 1.03. The Morgan fingerprint density at radius 1 is 1.15 bits per heavy atom. The van der Waals surface area contributed by atoms with Crippen molar-refractivity contribution in [2.24, 2.45) is 0 Å². The van der Waals surface area contributed by atoms with Gasteiger partial charge in [-0.05, 0) is 30.2 Å². The van der Waals surface area contributed by atoms with Crippen LogP contribution in [-0.2, 0) is 9.59 Å². The Kier molecular flexibility index (Phi) is 5.21. The largest absolute Gasteiger partial charge is 0.548 e. The molecule has 27 heavy (non-hydrogen) atoms. The maximum Gasteiger partial charge on any atom is 0.336 e. The number of amides is 1. The normalized spacial score (nSPS) is 11.7. The molecule has 1 heterocycles. The van der Waals surface area contributed by atoms with Crippen LogP contribution in [0, 0.1) is 6.92 Å². The fourth-order valence-electron chi connectivity index (χ4n) is 2.67. The molecule has 1 aromatic heterocycles. The summed E-state index contributed by atoms with van der Waals surface area (Å²) in [6.07, 6.45) is 0. The van der Waals surface area contributed by atoms with Crippen LogP contribution in [0.25, 0.3) is 11.0 Å². The van der Waals surface area contributed by atoms with Crippen LogP contribution in [0.3, 0.4) is 0 Å². The molecule has 1 N–H and O–H groups in total. The van der Waals surface area contributed by atoms with Crippen LogP contribution in [0.2, 0.25) is 0 Å². The van der Waals surface area contributed by atoms with E-state index in [1.54, 1.807) is 49.4 Å². The fraction of sp³-hybridized carbons (Fsp3) is 0.150. The highest BCUT2D eigenvalue weighted by atomic mass is 16.5. The van der Waals surface area contributed by atoms with E-state index in [0.29, 0.717) is 16.9 Å². The molecule has 0 saturated heterocycles. The summed E-state index contributed by atoms with van der Waals surface area (Å²) in [5, 5.41) is 14.4. The second-order valence-electron chi connectivity index (χ2n) is 5.93. The van der Waals surface area contributed by atoms with Gasteiger partial charge >= 0.3 is 5.63 Å². The van der Waals surface area contributed by atoms with E-state index in [1.807, 2.05) is 0 Å². The molecule has 7 heteroatoms. The number of aryl methyl sites for hydroxylation is 1. The van der Waals surface area contributed by atoms with Gasteiger partial charge in [0, 0.05) is 17.5 Å². The number of carbonyl (C=O) groups is 2. The average Bonchev–Trinajstić information content (AvgIpc) is 2.64. The molecule has 2 aromatic carbocycles. The van der Waals surface area contributed by atoms with Gasteiger partial charge in [-0.1, -0.05) is 30.3 Å². The molecule has 0 radical (unpaired) electrons. The lowest BCUT2D eigenvalue weighted by atomic mass is 10.1. The second kappa shape index (κ2) is 7.74. The Labute approximate surface area is 154 Å². The van der Waals surface area contributed by atoms with Gasteiger partial charge in [0.05, 0.1) is 12.0 Å². The van der Waals surface area contributed by atoms with Crippen molar-refractivity contribution in [3.63, 3.8) is 0 Å². The molecule has 138 valence electrons. The van der Waals surface area contributed by atoms with Crippen molar-refractivity contribution >= 4 is 22.8 Å². The quantitative estimate of drug-likeness (QED) is 0.654. The number of carbonyl (C=O) groups excluding carboxylic acids is 2. The summed E-state index contributed by atoms with van der Waals surface area (Å²) >= 11 is 0. The first-order valence-corrected chi connectivity index (χ1v) is 8.16. The van der Waals surface area contributed by atoms with E-state index >= 15 is 0 Å². The van der Waals surface area contributed by atoms with Crippen LogP contribution >= 0.6 is 0 Å². The number of nitrogens with one attached hydrogen (secondary N) is 1. The number of rotatable bonds is 6. The van der Waals surface area contributed by atoms with Crippen LogP contribution in [0.15, 0.2) is 63.8 Å². The predicted molar refractivity (Wildman–Crippen MR) is 95.0 cm³/mol. The molecule has 0 unspecified atom stereocenters. The zero-order valence-electron chi connectivity index (χ0n) is 14.4. The lowest BCUT2D eigenvalue weighted by Gasteiger charge is -2.20. The summed E-state index contributed by atoms with van der Waals surface area (Å²) in [6, 6.07) is 13.2. The second-order valence-corrected chi connectivity index (χ2v) is 5.93. The highest BCUT2D eigenvalue weighted by molar-refractivity contribution is 5.85. The number of fused-ring (bicyclic) bond motifs is 1. The third-order valence-corrected chi connectivity index (χ3v) is 3.97. The Morgan fingerprint density at radius 3 is 2.59 bits per heavy atom. The van der Waals surface area contributed by atoms with Gasteiger partial charge in [-0.25, -0.2) is 4.79 Å². The van der Waals surface area contributed by atoms with Gasteiger partial charge < -0.3 is 24.4 Å². The fourth-order valence-corrected chi connectivity index (χ4v) is 2.67. The van der Waals surface area contributed by atoms with Gasteiger partial charge in [-0.15, -0.1) is 0 Å². The summed E-state index contributed by atoms with van der Waals surface area (Å²) in [4.78, 5) is 34.9. The number of benzene rings is 2. The van der Waals surface area contributed by atoms with Crippen molar-refractivity contribution in [1.29, 1.82) is 0 Å². The molecule has 7 nitrogen and oxygen atoms in total. The lowest BCUT2D eigenvalue weighted by molar-refractivity contribution is -0.308. The zero-order chi connectivity index (χ0) is 19.4. The molecule has 0 spiro atoms. The Morgan fingerprint density at radius 2 is 1.89 bits per heavy atom. The van der Waals surface area contributed by atoms with Crippen molar-refractivity contribution in [1.82, 2.24) is 5.32 Å². The molecule has 0 aliphatic heterocycles. The van der Waals surface area contributed by atoms with E-state index in [0.717, 1.165) is 10.9 Å². The van der Waals surface area contributed by atoms with Crippen molar-refractivity contribution in [3.05, 3.63) is 76.1 Å². The molecule has 0 saturated carbocycles. The Bertz CT molecular complexity index is 1040. The van der Waals surface area contributed by atoms with Gasteiger partial charge in [0.2, 0.25) is 0 Å². The van der Waals surface area contributed by atoms with Gasteiger partial charge in [-0.2, -0.15) is 0 Å². The number of carboxylic acid groups (broad SMARTS) is 1. The summed E-state index contributed by atoms with van der Waals surface area (Å²) < 4.78 is 10.5. The minimum Gasteiger partial charge on any atom is -0.548 e. The van der Waals surface area contributed by atoms with Crippen LogP contribution in [0.4, 0.5) is 0 Å². The Hall–Kier alpha value is -3.61. The molecule has 3 aromatic rings. The molecular formula is C20H16NO6-. The molecule has 3 rings (SSSR count). The first kappa shape index (κ1) is 18.2. The first-order chi connectivity index (χ1) is 12.9. The predicted octanol–water partition coefficient (Wildman–Crippen LogP) is 1.09. The highest BCUT2D eigenvalue weighted by Crippen LogP contribution is 2.22. The van der Waals surface area contributed by atoms with E-state index in [4.69, 9.17) is 9.15 Å². The van der Waals surface area contributed by atoms with Crippen molar-refractivity contribution in [2.75, 3.05) is 6.61 Å². The van der Waals surface area contributed by atoms with Crippen molar-refractivity contribution in [2.45, 2.75) is 13.0 Å². The Balaban J connectivity index is 1.69. The van der Waals surface area contributed by atoms with Gasteiger partial charge in [0.1, 0.15) is 11.3 Å². The van der Waals surface area contributed by atoms with Crippen LogP contribution in [0.5, 0.6) is 5.75 Å². The number of aliphatic carboxylic acids is 1.